The summed E-state index contributed by atoms with van der Waals surface area (Å²) in [5.41, 5.74) is 8.15. The molecule has 2 heterocycles. The van der Waals surface area contributed by atoms with Gasteiger partial charge in [-0.25, -0.2) is 19.4 Å². The molecular weight excluding hydrogens is 419 g/mol. The van der Waals surface area contributed by atoms with Gasteiger partial charge in [-0.05, 0) is 36.6 Å². The van der Waals surface area contributed by atoms with Crippen LogP contribution in [-0.4, -0.2) is 46.9 Å². The number of ether oxygens (including phenoxy) is 1. The Morgan fingerprint density at radius 2 is 1.97 bits per heavy atom. The lowest BCUT2D eigenvalue weighted by atomic mass is 10.0. The average molecular weight is 447 g/mol. The van der Waals surface area contributed by atoms with Crippen LogP contribution in [-0.2, 0) is 11.2 Å². The fourth-order valence-corrected chi connectivity index (χ4v) is 3.54. The Balaban J connectivity index is 1.47. The lowest BCUT2D eigenvalue weighted by Crippen LogP contribution is -2.49. The van der Waals surface area contributed by atoms with E-state index < -0.39 is 6.10 Å². The van der Waals surface area contributed by atoms with Gasteiger partial charge >= 0.3 is 0 Å². The Kier molecular flexibility index (Phi) is 7.84. The molecular formula is C25H27FN6O. The molecule has 2 unspecified atom stereocenters. The van der Waals surface area contributed by atoms with Crippen molar-refractivity contribution >= 4 is 17.6 Å². The minimum absolute atomic E-state index is 0.224. The predicted octanol–water partition coefficient (Wildman–Crippen LogP) is 3.59. The van der Waals surface area contributed by atoms with E-state index in [0.29, 0.717) is 24.6 Å². The second-order valence-electron chi connectivity index (χ2n) is 7.81. The highest BCUT2D eigenvalue weighted by Gasteiger charge is 2.26. The maximum Gasteiger partial charge on any atom is 0.251 e. The topological polar surface area (TPSA) is 97.8 Å². The molecule has 2 atom stereocenters. The maximum atomic E-state index is 13.5. The van der Waals surface area contributed by atoms with Crippen molar-refractivity contribution in [3.63, 3.8) is 0 Å². The Bertz CT molecular complexity index is 1070. The zero-order valence-corrected chi connectivity index (χ0v) is 18.3. The fraction of sp³-hybridized carbons (Fsp3) is 0.280. The third-order valence-electron chi connectivity index (χ3n) is 5.35. The number of halogens is 1. The van der Waals surface area contributed by atoms with Crippen molar-refractivity contribution in [3.8, 4) is 0 Å². The number of nitrogens with zero attached hydrogens (tertiary/aromatic N) is 4. The first-order valence-electron chi connectivity index (χ1n) is 11.0. The molecule has 2 aromatic rings. The number of morpholine rings is 1. The van der Waals surface area contributed by atoms with Crippen LogP contribution in [0.15, 0.2) is 94.5 Å². The number of benzene rings is 1. The third kappa shape index (κ3) is 6.74. The van der Waals surface area contributed by atoms with E-state index in [-0.39, 0.29) is 30.1 Å². The van der Waals surface area contributed by atoms with Crippen LogP contribution in [0, 0.1) is 0 Å². The predicted molar refractivity (Wildman–Crippen MR) is 128 cm³/mol. The molecule has 1 aromatic carbocycles. The lowest BCUT2D eigenvalue weighted by Gasteiger charge is -2.30. The van der Waals surface area contributed by atoms with Gasteiger partial charge in [0.25, 0.3) is 5.95 Å². The van der Waals surface area contributed by atoms with Crippen molar-refractivity contribution in [2.75, 3.05) is 13.2 Å². The molecule has 1 aliphatic heterocycles. The van der Waals surface area contributed by atoms with E-state index in [9.17, 15) is 4.39 Å². The van der Waals surface area contributed by atoms with Crippen LogP contribution in [0.1, 0.15) is 18.4 Å². The fourth-order valence-electron chi connectivity index (χ4n) is 3.54. The normalized spacial score (nSPS) is 21.8. The molecule has 0 amide bonds. The highest BCUT2D eigenvalue weighted by Crippen LogP contribution is 2.15. The first-order chi connectivity index (χ1) is 16.2. The minimum Gasteiger partial charge on any atom is -0.383 e. The molecule has 3 N–H and O–H groups in total. The molecule has 1 aromatic heterocycles. The lowest BCUT2D eigenvalue weighted by molar-refractivity contribution is 0.0400. The van der Waals surface area contributed by atoms with Crippen LogP contribution in [0.4, 0.5) is 10.3 Å². The summed E-state index contributed by atoms with van der Waals surface area (Å²) in [6.45, 7) is 1.06. The van der Waals surface area contributed by atoms with Crippen LogP contribution in [0.3, 0.4) is 0 Å². The van der Waals surface area contributed by atoms with E-state index in [4.69, 9.17) is 10.5 Å². The van der Waals surface area contributed by atoms with Gasteiger partial charge in [0, 0.05) is 37.0 Å². The standard InChI is InChI=1S/C25H27FN6O/c26-20-9-4-8-19(11-12-20)23(27)31-24(32-25-28-14-5-15-29-25)22-16-30-21(17-33-22)13-10-18-6-2-1-3-7-18/h1-8,11-12,14-15,21-22,30H,9-10,13,16-17H2,(H2,27,28,29,31,32). The smallest absolute Gasteiger partial charge is 0.251 e. The molecule has 7 nitrogen and oxygen atoms in total. The molecule has 0 bridgehead atoms. The number of rotatable bonds is 6. The van der Waals surface area contributed by atoms with Gasteiger partial charge in [0.1, 0.15) is 17.8 Å². The summed E-state index contributed by atoms with van der Waals surface area (Å²) in [7, 11) is 0. The van der Waals surface area contributed by atoms with Crippen LogP contribution < -0.4 is 11.1 Å². The van der Waals surface area contributed by atoms with Gasteiger partial charge in [-0.3, -0.25) is 0 Å². The van der Waals surface area contributed by atoms with Gasteiger partial charge in [-0.15, -0.1) is 0 Å². The second-order valence-corrected chi connectivity index (χ2v) is 7.81. The molecule has 8 heteroatoms. The first kappa shape index (κ1) is 22.7. The summed E-state index contributed by atoms with van der Waals surface area (Å²) in [4.78, 5) is 17.4. The van der Waals surface area contributed by atoms with Crippen LogP contribution in [0.2, 0.25) is 0 Å². The Morgan fingerprint density at radius 1 is 1.15 bits per heavy atom. The number of allylic oxidation sites excluding steroid dienone is 4. The average Bonchev–Trinajstić information content (AvgIpc) is 3.08. The molecule has 1 fully saturated rings. The molecule has 0 saturated carbocycles. The van der Waals surface area contributed by atoms with E-state index >= 15 is 0 Å². The molecule has 0 spiro atoms. The summed E-state index contributed by atoms with van der Waals surface area (Å²) < 4.78 is 19.7. The summed E-state index contributed by atoms with van der Waals surface area (Å²) in [6, 6.07) is 12.3. The molecule has 2 aliphatic rings. The highest BCUT2D eigenvalue weighted by molar-refractivity contribution is 6.08. The van der Waals surface area contributed by atoms with Crippen molar-refractivity contribution in [2.45, 2.75) is 31.4 Å². The monoisotopic (exact) mass is 446 g/mol. The van der Waals surface area contributed by atoms with Gasteiger partial charge in [0.05, 0.1) is 6.61 Å². The number of nitrogens with one attached hydrogen (secondary N) is 1. The van der Waals surface area contributed by atoms with Gasteiger partial charge < -0.3 is 15.8 Å². The Morgan fingerprint density at radius 3 is 2.73 bits per heavy atom. The molecule has 4 rings (SSSR count). The number of aliphatic imine (C=N–C) groups is 2. The Hall–Kier alpha value is -3.49. The van der Waals surface area contributed by atoms with E-state index in [1.165, 1.54) is 11.6 Å². The number of nitrogens with two attached hydrogens (primary N) is 1. The summed E-state index contributed by atoms with van der Waals surface area (Å²) in [6.07, 6.45) is 11.4. The van der Waals surface area contributed by atoms with Crippen molar-refractivity contribution in [1.82, 2.24) is 15.3 Å². The second kappa shape index (κ2) is 11.4. The number of amidine groups is 2. The zero-order valence-electron chi connectivity index (χ0n) is 18.3. The van der Waals surface area contributed by atoms with Crippen molar-refractivity contribution < 1.29 is 9.13 Å². The van der Waals surface area contributed by atoms with Crippen LogP contribution in [0.25, 0.3) is 0 Å². The van der Waals surface area contributed by atoms with E-state index in [0.717, 1.165) is 12.8 Å². The quantitative estimate of drug-likeness (QED) is 0.522. The first-order valence-corrected chi connectivity index (χ1v) is 11.0. The number of aryl methyl sites for hydroxylation is 1. The van der Waals surface area contributed by atoms with Crippen molar-refractivity contribution in [3.05, 3.63) is 90.1 Å². The van der Waals surface area contributed by atoms with Crippen LogP contribution >= 0.6 is 0 Å². The largest absolute Gasteiger partial charge is 0.383 e. The molecule has 170 valence electrons. The third-order valence-corrected chi connectivity index (χ3v) is 5.35. The van der Waals surface area contributed by atoms with Gasteiger partial charge in [0.15, 0.2) is 5.84 Å². The number of aromatic nitrogens is 2. The molecule has 1 aliphatic carbocycles. The van der Waals surface area contributed by atoms with Crippen molar-refractivity contribution in [2.24, 2.45) is 15.7 Å². The zero-order chi connectivity index (χ0) is 22.9. The molecule has 0 radical (unpaired) electrons. The number of hydrogen-bond donors (Lipinski definition) is 2. The van der Waals surface area contributed by atoms with E-state index in [1.807, 2.05) is 6.07 Å². The highest BCUT2D eigenvalue weighted by atomic mass is 19.1. The molecule has 33 heavy (non-hydrogen) atoms. The van der Waals surface area contributed by atoms with Gasteiger partial charge in [0.2, 0.25) is 0 Å². The van der Waals surface area contributed by atoms with Crippen LogP contribution in [0.5, 0.6) is 0 Å². The van der Waals surface area contributed by atoms with Crippen molar-refractivity contribution in [1.29, 1.82) is 0 Å². The van der Waals surface area contributed by atoms with E-state index in [2.05, 4.69) is 49.5 Å². The number of hydrogen-bond acceptors (Lipinski definition) is 5. The van der Waals surface area contributed by atoms with E-state index in [1.54, 1.807) is 36.7 Å². The van der Waals surface area contributed by atoms with Gasteiger partial charge in [-0.2, -0.15) is 4.99 Å². The maximum absolute atomic E-state index is 13.5. The minimum atomic E-state index is -0.414. The molecule has 1 saturated heterocycles. The summed E-state index contributed by atoms with van der Waals surface area (Å²) >= 11 is 0. The Labute approximate surface area is 192 Å². The SMILES string of the molecule is NC(=N/C(=N/c1ncccn1)C1CNC(CCc2ccccc2)CO1)C1=CC=C(F)CC=C1. The summed E-state index contributed by atoms with van der Waals surface area (Å²) in [5.74, 6) is 0.634. The summed E-state index contributed by atoms with van der Waals surface area (Å²) in [5, 5.41) is 3.53. The van der Waals surface area contributed by atoms with Gasteiger partial charge in [-0.1, -0.05) is 42.5 Å².